The van der Waals surface area contributed by atoms with Gasteiger partial charge < -0.3 is 15.5 Å². The summed E-state index contributed by atoms with van der Waals surface area (Å²) in [5.74, 6) is -0.522. The first-order valence-electron chi connectivity index (χ1n) is 5.98. The van der Waals surface area contributed by atoms with Gasteiger partial charge in [0.05, 0.1) is 17.7 Å². The molecule has 1 aliphatic carbocycles. The summed E-state index contributed by atoms with van der Waals surface area (Å²) in [7, 11) is 0. The lowest BCUT2D eigenvalue weighted by Crippen LogP contribution is -2.49. The molecule has 0 unspecified atom stereocenters. The minimum Gasteiger partial charge on any atom is -0.507 e. The summed E-state index contributed by atoms with van der Waals surface area (Å²) in [5, 5.41) is 22.3. The number of rotatable bonds is 3. The van der Waals surface area contributed by atoms with E-state index in [0.29, 0.717) is 5.02 Å². The smallest absolute Gasteiger partial charge is 0.255 e. The molecule has 1 saturated carbocycles. The zero-order valence-corrected chi connectivity index (χ0v) is 10.7. The Kier molecular flexibility index (Phi) is 3.78. The van der Waals surface area contributed by atoms with Gasteiger partial charge in [0.15, 0.2) is 0 Å². The van der Waals surface area contributed by atoms with Crippen LogP contribution in [0.15, 0.2) is 18.2 Å². The largest absolute Gasteiger partial charge is 0.507 e. The Bertz CT molecular complexity index is 456. The van der Waals surface area contributed by atoms with Gasteiger partial charge in [-0.3, -0.25) is 4.79 Å². The first-order valence-corrected chi connectivity index (χ1v) is 6.36. The molecule has 1 aliphatic rings. The van der Waals surface area contributed by atoms with Crippen molar-refractivity contribution < 1.29 is 15.0 Å². The van der Waals surface area contributed by atoms with Crippen molar-refractivity contribution in [3.05, 3.63) is 28.8 Å². The van der Waals surface area contributed by atoms with Crippen LogP contribution in [-0.2, 0) is 0 Å². The fraction of sp³-hybridized carbons (Fsp3) is 0.462. The molecule has 18 heavy (non-hydrogen) atoms. The lowest BCUT2D eigenvalue weighted by molar-refractivity contribution is 0.0836. The van der Waals surface area contributed by atoms with E-state index in [1.165, 1.54) is 12.1 Å². The average Bonchev–Trinajstić information content (AvgIpc) is 2.78. The van der Waals surface area contributed by atoms with Crippen molar-refractivity contribution >= 4 is 17.5 Å². The Labute approximate surface area is 111 Å². The quantitative estimate of drug-likeness (QED) is 0.787. The van der Waals surface area contributed by atoms with Crippen LogP contribution >= 0.6 is 11.6 Å². The molecule has 0 aromatic heterocycles. The van der Waals surface area contributed by atoms with Crippen molar-refractivity contribution in [2.24, 2.45) is 0 Å². The monoisotopic (exact) mass is 269 g/mol. The van der Waals surface area contributed by atoms with Crippen LogP contribution in [0.25, 0.3) is 0 Å². The third-order valence-corrected chi connectivity index (χ3v) is 3.68. The molecule has 1 aromatic rings. The SMILES string of the molecule is O=C(NC1(CO)CCCC1)c1ccc(Cl)cc1O. The van der Waals surface area contributed by atoms with E-state index in [4.69, 9.17) is 11.6 Å². The van der Waals surface area contributed by atoms with Crippen molar-refractivity contribution in [1.82, 2.24) is 5.32 Å². The van der Waals surface area contributed by atoms with Crippen LogP contribution in [-0.4, -0.2) is 28.3 Å². The minimum atomic E-state index is -0.539. The van der Waals surface area contributed by atoms with E-state index < -0.39 is 5.54 Å². The molecule has 1 aromatic carbocycles. The molecule has 3 N–H and O–H groups in total. The maximum absolute atomic E-state index is 12.1. The van der Waals surface area contributed by atoms with Crippen molar-refractivity contribution in [3.63, 3.8) is 0 Å². The summed E-state index contributed by atoms with van der Waals surface area (Å²) in [6.07, 6.45) is 3.52. The molecule has 0 saturated heterocycles. The third kappa shape index (κ3) is 2.60. The Morgan fingerprint density at radius 3 is 2.61 bits per heavy atom. The number of aromatic hydroxyl groups is 1. The van der Waals surface area contributed by atoms with Crippen LogP contribution in [0.3, 0.4) is 0 Å². The number of carbonyl (C=O) groups excluding carboxylic acids is 1. The highest BCUT2D eigenvalue weighted by molar-refractivity contribution is 6.30. The standard InChI is InChI=1S/C13H16ClNO3/c14-9-3-4-10(11(17)7-9)12(18)15-13(8-16)5-1-2-6-13/h3-4,7,16-17H,1-2,5-6,8H2,(H,15,18). The number of phenolic OH excluding ortho intramolecular Hbond substituents is 1. The Morgan fingerprint density at radius 1 is 1.39 bits per heavy atom. The van der Waals surface area contributed by atoms with E-state index in [-0.39, 0.29) is 23.8 Å². The molecule has 0 aliphatic heterocycles. The second kappa shape index (κ2) is 5.16. The Balaban J connectivity index is 2.16. The summed E-state index contributed by atoms with van der Waals surface area (Å²) in [5.41, 5.74) is -0.359. The number of aliphatic hydroxyl groups excluding tert-OH is 1. The van der Waals surface area contributed by atoms with Crippen LogP contribution in [0, 0.1) is 0 Å². The topological polar surface area (TPSA) is 69.6 Å². The van der Waals surface area contributed by atoms with Gasteiger partial charge in [-0.2, -0.15) is 0 Å². The maximum Gasteiger partial charge on any atom is 0.255 e. The van der Waals surface area contributed by atoms with Gasteiger partial charge >= 0.3 is 0 Å². The zero-order chi connectivity index (χ0) is 13.2. The summed E-state index contributed by atoms with van der Waals surface area (Å²) in [6.45, 7) is -0.0763. The van der Waals surface area contributed by atoms with Gasteiger partial charge in [0.25, 0.3) is 5.91 Å². The Hall–Kier alpha value is -1.26. The van der Waals surface area contributed by atoms with Crippen molar-refractivity contribution in [3.8, 4) is 5.75 Å². The van der Waals surface area contributed by atoms with Crippen LogP contribution in [0.5, 0.6) is 5.75 Å². The summed E-state index contributed by atoms with van der Waals surface area (Å²) < 4.78 is 0. The third-order valence-electron chi connectivity index (χ3n) is 3.45. The molecular weight excluding hydrogens is 254 g/mol. The van der Waals surface area contributed by atoms with Crippen LogP contribution in [0.2, 0.25) is 5.02 Å². The van der Waals surface area contributed by atoms with E-state index in [9.17, 15) is 15.0 Å². The molecule has 98 valence electrons. The molecule has 1 amide bonds. The molecule has 0 spiro atoms. The number of nitrogens with one attached hydrogen (secondary N) is 1. The molecule has 5 heteroatoms. The predicted octanol–water partition coefficient (Wildman–Crippen LogP) is 2.08. The van der Waals surface area contributed by atoms with Crippen molar-refractivity contribution in [2.45, 2.75) is 31.2 Å². The highest BCUT2D eigenvalue weighted by Gasteiger charge is 2.35. The van der Waals surface area contributed by atoms with E-state index in [0.717, 1.165) is 25.7 Å². The zero-order valence-electron chi connectivity index (χ0n) is 9.95. The van der Waals surface area contributed by atoms with E-state index >= 15 is 0 Å². The number of carbonyl (C=O) groups is 1. The van der Waals surface area contributed by atoms with E-state index in [2.05, 4.69) is 5.32 Å². The summed E-state index contributed by atoms with van der Waals surface area (Å²) >= 11 is 5.71. The van der Waals surface area contributed by atoms with Gasteiger partial charge in [-0.15, -0.1) is 0 Å². The minimum absolute atomic E-state index is 0.0763. The molecule has 0 atom stereocenters. The molecule has 2 rings (SSSR count). The predicted molar refractivity (Wildman–Crippen MR) is 68.9 cm³/mol. The molecule has 0 radical (unpaired) electrons. The molecule has 4 nitrogen and oxygen atoms in total. The van der Waals surface area contributed by atoms with E-state index in [1.54, 1.807) is 6.07 Å². The average molecular weight is 270 g/mol. The molecule has 1 fully saturated rings. The first-order chi connectivity index (χ1) is 8.56. The van der Waals surface area contributed by atoms with Gasteiger partial charge in [0, 0.05) is 5.02 Å². The number of aliphatic hydroxyl groups is 1. The maximum atomic E-state index is 12.1. The summed E-state index contributed by atoms with van der Waals surface area (Å²) in [4.78, 5) is 12.1. The van der Waals surface area contributed by atoms with Crippen LogP contribution in [0.1, 0.15) is 36.0 Å². The normalized spacial score (nSPS) is 17.7. The Morgan fingerprint density at radius 2 is 2.06 bits per heavy atom. The van der Waals surface area contributed by atoms with Gasteiger partial charge in [-0.1, -0.05) is 24.4 Å². The fourth-order valence-corrected chi connectivity index (χ4v) is 2.55. The van der Waals surface area contributed by atoms with Gasteiger partial charge in [0.2, 0.25) is 0 Å². The number of hydrogen-bond donors (Lipinski definition) is 3. The number of phenols is 1. The van der Waals surface area contributed by atoms with Crippen LogP contribution in [0.4, 0.5) is 0 Å². The number of benzene rings is 1. The fourth-order valence-electron chi connectivity index (χ4n) is 2.38. The molecule has 0 bridgehead atoms. The van der Waals surface area contributed by atoms with Gasteiger partial charge in [0.1, 0.15) is 5.75 Å². The summed E-state index contributed by atoms with van der Waals surface area (Å²) in [6, 6.07) is 4.36. The first kappa shape index (κ1) is 13.2. The second-order valence-electron chi connectivity index (χ2n) is 4.76. The van der Waals surface area contributed by atoms with Crippen molar-refractivity contribution in [1.29, 1.82) is 0 Å². The lowest BCUT2D eigenvalue weighted by Gasteiger charge is -2.28. The number of hydrogen-bond acceptors (Lipinski definition) is 3. The second-order valence-corrected chi connectivity index (χ2v) is 5.20. The highest BCUT2D eigenvalue weighted by atomic mass is 35.5. The van der Waals surface area contributed by atoms with E-state index in [1.807, 2.05) is 0 Å². The van der Waals surface area contributed by atoms with Gasteiger partial charge in [-0.25, -0.2) is 0 Å². The number of amides is 1. The van der Waals surface area contributed by atoms with Gasteiger partial charge in [-0.05, 0) is 31.0 Å². The number of halogens is 1. The molecular formula is C13H16ClNO3. The highest BCUT2D eigenvalue weighted by Crippen LogP contribution is 2.30. The molecule has 0 heterocycles. The van der Waals surface area contributed by atoms with Crippen molar-refractivity contribution in [2.75, 3.05) is 6.61 Å². The van der Waals surface area contributed by atoms with Crippen LogP contribution < -0.4 is 5.32 Å². The lowest BCUT2D eigenvalue weighted by atomic mass is 9.98.